The lowest BCUT2D eigenvalue weighted by molar-refractivity contribution is -0.137. The highest BCUT2D eigenvalue weighted by Gasteiger charge is 2.31. The number of piperazine rings is 1. The van der Waals surface area contributed by atoms with Crippen molar-refractivity contribution >= 4 is 11.6 Å². The standard InChI is InChI=1S/C27H27F3N2O3/c1-19-6-3-4-9-24(19)35-18-21-16-20(10-11-25(21)34-2)26(33)32-14-12-31(13-15-32)23-8-5-7-22(17-23)27(28,29)30/h3-11,16-17H,12-15,18H2,1-2H3. The van der Waals surface area contributed by atoms with E-state index in [4.69, 9.17) is 9.47 Å². The Bertz CT molecular complexity index is 1190. The van der Waals surface area contributed by atoms with Gasteiger partial charge in [-0.1, -0.05) is 24.3 Å². The second kappa shape index (κ2) is 10.3. The SMILES string of the molecule is COc1ccc(C(=O)N2CCN(c3cccc(C(F)(F)F)c3)CC2)cc1COc1ccccc1C. The molecule has 0 atom stereocenters. The Morgan fingerprint density at radius 3 is 2.34 bits per heavy atom. The van der Waals surface area contributed by atoms with Crippen LogP contribution in [-0.2, 0) is 12.8 Å². The Kier molecular flexibility index (Phi) is 7.19. The Balaban J connectivity index is 1.43. The molecule has 0 aliphatic carbocycles. The van der Waals surface area contributed by atoms with Gasteiger partial charge in [0.05, 0.1) is 12.7 Å². The van der Waals surface area contributed by atoms with Gasteiger partial charge in [-0.2, -0.15) is 13.2 Å². The monoisotopic (exact) mass is 484 g/mol. The van der Waals surface area contributed by atoms with Gasteiger partial charge in [0.1, 0.15) is 18.1 Å². The molecule has 4 rings (SSSR count). The largest absolute Gasteiger partial charge is 0.496 e. The van der Waals surface area contributed by atoms with E-state index < -0.39 is 11.7 Å². The summed E-state index contributed by atoms with van der Waals surface area (Å²) in [5.74, 6) is 1.26. The minimum atomic E-state index is -4.39. The van der Waals surface area contributed by atoms with E-state index in [1.165, 1.54) is 6.07 Å². The number of carbonyl (C=O) groups is 1. The third-order valence-electron chi connectivity index (χ3n) is 6.11. The molecule has 1 aliphatic heterocycles. The predicted octanol–water partition coefficient (Wildman–Crippen LogP) is 5.56. The van der Waals surface area contributed by atoms with Gasteiger partial charge in [0.2, 0.25) is 0 Å². The maximum atomic E-state index is 13.2. The Morgan fingerprint density at radius 2 is 1.66 bits per heavy atom. The zero-order chi connectivity index (χ0) is 25.0. The highest BCUT2D eigenvalue weighted by Crippen LogP contribution is 2.32. The normalized spacial score (nSPS) is 14.1. The average molecular weight is 485 g/mol. The van der Waals surface area contributed by atoms with Crippen LogP contribution in [0.5, 0.6) is 11.5 Å². The Labute approximate surface area is 202 Å². The van der Waals surface area contributed by atoms with Crippen LogP contribution in [-0.4, -0.2) is 44.1 Å². The smallest absolute Gasteiger partial charge is 0.416 e. The van der Waals surface area contributed by atoms with Gasteiger partial charge in [-0.25, -0.2) is 0 Å². The van der Waals surface area contributed by atoms with Crippen molar-refractivity contribution in [2.24, 2.45) is 0 Å². The Hall–Kier alpha value is -3.68. The van der Waals surface area contributed by atoms with Gasteiger partial charge in [-0.15, -0.1) is 0 Å². The summed E-state index contributed by atoms with van der Waals surface area (Å²) in [7, 11) is 1.57. The van der Waals surface area contributed by atoms with E-state index in [0.717, 1.165) is 29.0 Å². The van der Waals surface area contributed by atoms with E-state index in [-0.39, 0.29) is 12.5 Å². The van der Waals surface area contributed by atoms with E-state index >= 15 is 0 Å². The van der Waals surface area contributed by atoms with Crippen molar-refractivity contribution in [1.29, 1.82) is 0 Å². The molecule has 0 N–H and O–H groups in total. The van der Waals surface area contributed by atoms with Gasteiger partial charge in [0, 0.05) is 43.0 Å². The van der Waals surface area contributed by atoms with Crippen LogP contribution in [0.2, 0.25) is 0 Å². The number of benzene rings is 3. The minimum absolute atomic E-state index is 0.131. The average Bonchev–Trinajstić information content (AvgIpc) is 2.87. The van der Waals surface area contributed by atoms with Crippen LogP contribution in [0.3, 0.4) is 0 Å². The van der Waals surface area contributed by atoms with E-state index in [1.807, 2.05) is 36.1 Å². The lowest BCUT2D eigenvalue weighted by Gasteiger charge is -2.36. The van der Waals surface area contributed by atoms with Crippen LogP contribution in [0.25, 0.3) is 0 Å². The summed E-state index contributed by atoms with van der Waals surface area (Å²) in [6.07, 6.45) is -4.39. The third kappa shape index (κ3) is 5.70. The summed E-state index contributed by atoms with van der Waals surface area (Å²) in [5, 5.41) is 0. The number of nitrogens with zero attached hydrogens (tertiary/aromatic N) is 2. The van der Waals surface area contributed by atoms with E-state index in [0.29, 0.717) is 43.2 Å². The molecule has 0 radical (unpaired) electrons. The van der Waals surface area contributed by atoms with Gasteiger partial charge in [-0.3, -0.25) is 4.79 Å². The topological polar surface area (TPSA) is 42.0 Å². The van der Waals surface area contributed by atoms with Gasteiger partial charge in [0.15, 0.2) is 0 Å². The molecule has 1 heterocycles. The first-order valence-corrected chi connectivity index (χ1v) is 11.3. The fraction of sp³-hybridized carbons (Fsp3) is 0.296. The van der Waals surface area contributed by atoms with Gasteiger partial charge >= 0.3 is 6.18 Å². The summed E-state index contributed by atoms with van der Waals surface area (Å²) in [5.41, 5.74) is 2.11. The quantitative estimate of drug-likeness (QED) is 0.459. The maximum absolute atomic E-state index is 13.2. The Morgan fingerprint density at radius 1 is 0.914 bits per heavy atom. The summed E-state index contributed by atoms with van der Waals surface area (Å²) in [6.45, 7) is 3.94. The number of para-hydroxylation sites is 1. The summed E-state index contributed by atoms with van der Waals surface area (Å²) in [6, 6.07) is 18.2. The summed E-state index contributed by atoms with van der Waals surface area (Å²) in [4.78, 5) is 16.8. The van der Waals surface area contributed by atoms with Crippen LogP contribution in [0.15, 0.2) is 66.7 Å². The fourth-order valence-electron chi connectivity index (χ4n) is 4.13. The second-order valence-electron chi connectivity index (χ2n) is 8.41. The number of ether oxygens (including phenoxy) is 2. The zero-order valence-corrected chi connectivity index (χ0v) is 19.6. The number of rotatable bonds is 6. The number of amides is 1. The van der Waals surface area contributed by atoms with Crippen molar-refractivity contribution in [3.63, 3.8) is 0 Å². The highest BCUT2D eigenvalue weighted by molar-refractivity contribution is 5.94. The molecule has 184 valence electrons. The number of carbonyl (C=O) groups excluding carboxylic acids is 1. The molecule has 1 saturated heterocycles. The lowest BCUT2D eigenvalue weighted by Crippen LogP contribution is -2.48. The summed E-state index contributed by atoms with van der Waals surface area (Å²) < 4.78 is 50.6. The molecular weight excluding hydrogens is 457 g/mol. The molecule has 1 fully saturated rings. The third-order valence-corrected chi connectivity index (χ3v) is 6.11. The van der Waals surface area contributed by atoms with Crippen molar-refractivity contribution < 1.29 is 27.4 Å². The molecule has 0 bridgehead atoms. The number of alkyl halides is 3. The molecule has 0 aromatic heterocycles. The molecule has 5 nitrogen and oxygen atoms in total. The minimum Gasteiger partial charge on any atom is -0.496 e. The van der Waals surface area contributed by atoms with Crippen molar-refractivity contribution in [3.8, 4) is 11.5 Å². The zero-order valence-electron chi connectivity index (χ0n) is 19.6. The van der Waals surface area contributed by atoms with E-state index in [1.54, 1.807) is 36.3 Å². The number of anilines is 1. The number of methoxy groups -OCH3 is 1. The molecule has 8 heteroatoms. The van der Waals surface area contributed by atoms with Gasteiger partial charge < -0.3 is 19.3 Å². The second-order valence-corrected chi connectivity index (χ2v) is 8.41. The van der Waals surface area contributed by atoms with Crippen molar-refractivity contribution in [2.75, 3.05) is 38.2 Å². The van der Waals surface area contributed by atoms with E-state index in [9.17, 15) is 18.0 Å². The van der Waals surface area contributed by atoms with Crippen LogP contribution in [0.1, 0.15) is 27.0 Å². The van der Waals surface area contributed by atoms with Crippen molar-refractivity contribution in [2.45, 2.75) is 19.7 Å². The van der Waals surface area contributed by atoms with Crippen molar-refractivity contribution in [3.05, 3.63) is 89.0 Å². The van der Waals surface area contributed by atoms with Crippen LogP contribution in [0, 0.1) is 6.92 Å². The lowest BCUT2D eigenvalue weighted by atomic mass is 10.1. The molecule has 0 unspecified atom stereocenters. The van der Waals surface area contributed by atoms with Gasteiger partial charge in [0.25, 0.3) is 5.91 Å². The number of hydrogen-bond acceptors (Lipinski definition) is 4. The first kappa shape index (κ1) is 24.4. The number of hydrogen-bond donors (Lipinski definition) is 0. The van der Waals surface area contributed by atoms with Gasteiger partial charge in [-0.05, 0) is 55.0 Å². The predicted molar refractivity (Wildman–Crippen MR) is 128 cm³/mol. The first-order valence-electron chi connectivity index (χ1n) is 11.3. The number of halogens is 3. The molecule has 1 aliphatic rings. The molecule has 35 heavy (non-hydrogen) atoms. The van der Waals surface area contributed by atoms with Crippen molar-refractivity contribution in [1.82, 2.24) is 4.90 Å². The molecule has 3 aromatic rings. The molecule has 0 spiro atoms. The van der Waals surface area contributed by atoms with Crippen LogP contribution in [0.4, 0.5) is 18.9 Å². The van der Waals surface area contributed by atoms with E-state index in [2.05, 4.69) is 0 Å². The molecule has 0 saturated carbocycles. The highest BCUT2D eigenvalue weighted by atomic mass is 19.4. The number of aryl methyl sites for hydroxylation is 1. The maximum Gasteiger partial charge on any atom is 0.416 e. The summed E-state index contributed by atoms with van der Waals surface area (Å²) >= 11 is 0. The van der Waals surface area contributed by atoms with Crippen LogP contribution < -0.4 is 14.4 Å². The molecule has 3 aromatic carbocycles. The first-order chi connectivity index (χ1) is 16.8. The fourth-order valence-corrected chi connectivity index (χ4v) is 4.13. The molecular formula is C27H27F3N2O3. The molecule has 1 amide bonds. The van der Waals surface area contributed by atoms with Crippen LogP contribution >= 0.6 is 0 Å².